The normalized spacial score (nSPS) is 14.0. The first-order chi connectivity index (χ1) is 11.1. The van der Waals surface area contributed by atoms with Gasteiger partial charge in [-0.05, 0) is 45.1 Å². The van der Waals surface area contributed by atoms with E-state index in [4.69, 9.17) is 0 Å². The number of nitrogens with zero attached hydrogens (tertiary/aromatic N) is 3. The van der Waals surface area contributed by atoms with Crippen LogP contribution in [-0.2, 0) is 13.0 Å². The van der Waals surface area contributed by atoms with Crippen molar-refractivity contribution in [3.05, 3.63) is 39.9 Å². The van der Waals surface area contributed by atoms with Gasteiger partial charge in [0, 0.05) is 31.6 Å². The highest BCUT2D eigenvalue weighted by molar-refractivity contribution is 5.97. The maximum Gasteiger partial charge on any atom is 0.261 e. The molecule has 0 saturated carbocycles. The van der Waals surface area contributed by atoms with E-state index in [0.29, 0.717) is 23.0 Å². The minimum Gasteiger partial charge on any atom is -0.351 e. The van der Waals surface area contributed by atoms with Crippen LogP contribution in [0.25, 0.3) is 10.9 Å². The third-order valence-electron chi connectivity index (χ3n) is 4.17. The van der Waals surface area contributed by atoms with Gasteiger partial charge in [-0.15, -0.1) is 0 Å². The summed E-state index contributed by atoms with van der Waals surface area (Å²) in [7, 11) is 3.92. The molecule has 0 bridgehead atoms. The molecular weight excluding hydrogens is 292 g/mol. The first-order valence-corrected chi connectivity index (χ1v) is 8.02. The zero-order chi connectivity index (χ0) is 16.4. The summed E-state index contributed by atoms with van der Waals surface area (Å²) in [5, 5.41) is 3.46. The van der Waals surface area contributed by atoms with Crippen LogP contribution in [0, 0.1) is 0 Å². The number of hydrogen-bond acceptors (Lipinski definition) is 4. The van der Waals surface area contributed by atoms with E-state index < -0.39 is 0 Å². The standard InChI is InChI=1S/C17H22N4O2/c1-20(2)10-8-18-16(22)12-6-7-13-14(11-12)19-15-5-3-4-9-21(15)17(13)23/h6-7,11H,3-5,8-10H2,1-2H3,(H,18,22). The van der Waals surface area contributed by atoms with E-state index in [1.807, 2.05) is 19.0 Å². The summed E-state index contributed by atoms with van der Waals surface area (Å²) in [6, 6.07) is 5.14. The van der Waals surface area contributed by atoms with Gasteiger partial charge in [0.1, 0.15) is 5.82 Å². The lowest BCUT2D eigenvalue weighted by molar-refractivity contribution is 0.0951. The summed E-state index contributed by atoms with van der Waals surface area (Å²) < 4.78 is 1.77. The Hall–Kier alpha value is -2.21. The molecule has 23 heavy (non-hydrogen) atoms. The van der Waals surface area contributed by atoms with E-state index >= 15 is 0 Å². The molecule has 1 aromatic heterocycles. The molecule has 6 nitrogen and oxygen atoms in total. The molecule has 2 aromatic rings. The predicted octanol–water partition coefficient (Wildman–Crippen LogP) is 1.02. The summed E-state index contributed by atoms with van der Waals surface area (Å²) in [6.45, 7) is 2.11. The van der Waals surface area contributed by atoms with Gasteiger partial charge in [-0.2, -0.15) is 0 Å². The monoisotopic (exact) mass is 314 g/mol. The van der Waals surface area contributed by atoms with E-state index in [2.05, 4.69) is 10.3 Å². The average Bonchev–Trinajstić information content (AvgIpc) is 2.54. The van der Waals surface area contributed by atoms with Crippen LogP contribution in [-0.4, -0.2) is 47.5 Å². The van der Waals surface area contributed by atoms with E-state index in [1.165, 1.54) is 0 Å². The highest BCUT2D eigenvalue weighted by Gasteiger charge is 2.15. The Morgan fingerprint density at radius 3 is 2.96 bits per heavy atom. The van der Waals surface area contributed by atoms with Crippen LogP contribution in [0.1, 0.15) is 29.0 Å². The zero-order valence-electron chi connectivity index (χ0n) is 13.6. The number of hydrogen-bond donors (Lipinski definition) is 1. The van der Waals surface area contributed by atoms with Gasteiger partial charge in [0.05, 0.1) is 10.9 Å². The fourth-order valence-electron chi connectivity index (χ4n) is 2.88. The molecule has 0 spiro atoms. The van der Waals surface area contributed by atoms with E-state index in [1.54, 1.807) is 22.8 Å². The van der Waals surface area contributed by atoms with Crippen molar-refractivity contribution in [3.8, 4) is 0 Å². The molecular formula is C17H22N4O2. The number of aryl methyl sites for hydroxylation is 1. The number of aromatic nitrogens is 2. The molecule has 3 rings (SSSR count). The van der Waals surface area contributed by atoms with Crippen LogP contribution in [0.15, 0.2) is 23.0 Å². The Kier molecular flexibility index (Phi) is 4.43. The van der Waals surface area contributed by atoms with E-state index in [9.17, 15) is 9.59 Å². The number of rotatable bonds is 4. The van der Waals surface area contributed by atoms with E-state index in [0.717, 1.165) is 38.2 Å². The van der Waals surface area contributed by atoms with Gasteiger partial charge in [0.2, 0.25) is 0 Å². The van der Waals surface area contributed by atoms with Crippen LogP contribution >= 0.6 is 0 Å². The summed E-state index contributed by atoms with van der Waals surface area (Å²) in [5.41, 5.74) is 1.16. The maximum atomic E-state index is 12.5. The number of likely N-dealkylation sites (N-methyl/N-ethyl adjacent to an activating group) is 1. The van der Waals surface area contributed by atoms with Crippen molar-refractivity contribution in [2.24, 2.45) is 0 Å². The Labute approximate surface area is 135 Å². The topological polar surface area (TPSA) is 67.2 Å². The SMILES string of the molecule is CN(C)CCNC(=O)c1ccc2c(=O)n3c(nc2c1)CCCC3. The molecule has 0 radical (unpaired) electrons. The number of nitrogens with one attached hydrogen (secondary N) is 1. The van der Waals surface area contributed by atoms with Gasteiger partial charge in [-0.3, -0.25) is 14.2 Å². The zero-order valence-corrected chi connectivity index (χ0v) is 13.6. The second kappa shape index (κ2) is 6.50. The predicted molar refractivity (Wildman–Crippen MR) is 89.8 cm³/mol. The third kappa shape index (κ3) is 3.27. The van der Waals surface area contributed by atoms with Crippen molar-refractivity contribution in [2.75, 3.05) is 27.2 Å². The molecule has 2 heterocycles. The fourth-order valence-corrected chi connectivity index (χ4v) is 2.88. The number of carbonyl (C=O) groups excluding carboxylic acids is 1. The lowest BCUT2D eigenvalue weighted by Gasteiger charge is -2.18. The molecule has 1 aromatic carbocycles. The molecule has 1 N–H and O–H groups in total. The fraction of sp³-hybridized carbons (Fsp3) is 0.471. The molecule has 1 aliphatic heterocycles. The minimum absolute atomic E-state index is 0.00395. The maximum absolute atomic E-state index is 12.5. The quantitative estimate of drug-likeness (QED) is 0.915. The van der Waals surface area contributed by atoms with Crippen LogP contribution in [0.3, 0.4) is 0 Å². The highest BCUT2D eigenvalue weighted by atomic mass is 16.1. The van der Waals surface area contributed by atoms with Crippen LogP contribution in [0.2, 0.25) is 0 Å². The summed E-state index contributed by atoms with van der Waals surface area (Å²) >= 11 is 0. The second-order valence-corrected chi connectivity index (χ2v) is 6.23. The van der Waals surface area contributed by atoms with Gasteiger partial charge in [-0.1, -0.05) is 0 Å². The summed E-state index contributed by atoms with van der Waals surface area (Å²) in [5.74, 6) is 0.701. The summed E-state index contributed by atoms with van der Waals surface area (Å²) in [6.07, 6.45) is 2.90. The Morgan fingerprint density at radius 1 is 1.35 bits per heavy atom. The number of benzene rings is 1. The first-order valence-electron chi connectivity index (χ1n) is 8.02. The minimum atomic E-state index is -0.131. The Bertz CT molecular complexity index is 795. The largest absolute Gasteiger partial charge is 0.351 e. The van der Waals surface area contributed by atoms with E-state index in [-0.39, 0.29) is 11.5 Å². The molecule has 1 amide bonds. The molecule has 122 valence electrons. The van der Waals surface area contributed by atoms with Crippen molar-refractivity contribution in [2.45, 2.75) is 25.8 Å². The van der Waals surface area contributed by atoms with Crippen molar-refractivity contribution >= 4 is 16.8 Å². The number of fused-ring (bicyclic) bond motifs is 2. The van der Waals surface area contributed by atoms with Gasteiger partial charge in [0.15, 0.2) is 0 Å². The smallest absolute Gasteiger partial charge is 0.261 e. The van der Waals surface area contributed by atoms with Crippen LogP contribution < -0.4 is 10.9 Å². The number of amides is 1. The molecule has 0 atom stereocenters. The van der Waals surface area contributed by atoms with Crippen molar-refractivity contribution < 1.29 is 4.79 Å². The van der Waals surface area contributed by atoms with Crippen molar-refractivity contribution in [3.63, 3.8) is 0 Å². The summed E-state index contributed by atoms with van der Waals surface area (Å²) in [4.78, 5) is 31.3. The van der Waals surface area contributed by atoms with Gasteiger partial charge >= 0.3 is 0 Å². The average molecular weight is 314 g/mol. The molecule has 6 heteroatoms. The second-order valence-electron chi connectivity index (χ2n) is 6.23. The van der Waals surface area contributed by atoms with Gasteiger partial charge in [-0.25, -0.2) is 4.98 Å². The first kappa shape index (κ1) is 15.7. The third-order valence-corrected chi connectivity index (χ3v) is 4.17. The Morgan fingerprint density at radius 2 is 2.17 bits per heavy atom. The molecule has 0 unspecified atom stereocenters. The van der Waals surface area contributed by atoms with Crippen LogP contribution in [0.4, 0.5) is 0 Å². The molecule has 0 aliphatic carbocycles. The highest BCUT2D eigenvalue weighted by Crippen LogP contribution is 2.16. The van der Waals surface area contributed by atoms with Crippen LogP contribution in [0.5, 0.6) is 0 Å². The lowest BCUT2D eigenvalue weighted by atomic mass is 10.1. The van der Waals surface area contributed by atoms with Crippen molar-refractivity contribution in [1.82, 2.24) is 19.8 Å². The van der Waals surface area contributed by atoms with Crippen molar-refractivity contribution in [1.29, 1.82) is 0 Å². The Balaban J connectivity index is 1.90. The number of carbonyl (C=O) groups is 1. The van der Waals surface area contributed by atoms with Gasteiger partial charge < -0.3 is 10.2 Å². The van der Waals surface area contributed by atoms with Gasteiger partial charge in [0.25, 0.3) is 11.5 Å². The molecule has 0 saturated heterocycles. The molecule has 0 fully saturated rings. The lowest BCUT2D eigenvalue weighted by Crippen LogP contribution is -2.31. The molecule has 1 aliphatic rings.